The number of hydrogen-bond donors (Lipinski definition) is 0. The Morgan fingerprint density at radius 3 is 1.58 bits per heavy atom. The molecule has 0 bridgehead atoms. The van der Waals surface area contributed by atoms with Gasteiger partial charge in [0.15, 0.2) is 0 Å². The zero-order valence-corrected chi connectivity index (χ0v) is 16.2. The number of halogens is 1. The van der Waals surface area contributed by atoms with Gasteiger partial charge in [0.05, 0.1) is 18.0 Å². The van der Waals surface area contributed by atoms with Gasteiger partial charge in [-0.25, -0.2) is 0 Å². The van der Waals surface area contributed by atoms with Gasteiger partial charge in [0.25, 0.3) is 0 Å². The van der Waals surface area contributed by atoms with Crippen molar-refractivity contribution < 1.29 is 19.1 Å². The summed E-state index contributed by atoms with van der Waals surface area (Å²) in [5.74, 6) is -0.785. The van der Waals surface area contributed by atoms with Crippen LogP contribution in [-0.4, -0.2) is 34.9 Å². The van der Waals surface area contributed by atoms with Crippen LogP contribution in [0.3, 0.4) is 0 Å². The van der Waals surface area contributed by atoms with Crippen molar-refractivity contribution in [2.45, 2.75) is 25.1 Å². The van der Waals surface area contributed by atoms with Gasteiger partial charge in [-0.05, 0) is 18.1 Å². The highest BCUT2D eigenvalue weighted by atomic mass is 79.9. The van der Waals surface area contributed by atoms with Gasteiger partial charge in [0.2, 0.25) is 0 Å². The lowest BCUT2D eigenvalue weighted by molar-refractivity contribution is -0.150. The summed E-state index contributed by atoms with van der Waals surface area (Å²) in [5.41, 5.74) is 1.84. The number of rotatable bonds is 9. The van der Waals surface area contributed by atoms with E-state index in [2.05, 4.69) is 15.9 Å². The van der Waals surface area contributed by atoms with Crippen LogP contribution in [0, 0.1) is 0 Å². The van der Waals surface area contributed by atoms with Gasteiger partial charge in [-0.2, -0.15) is 0 Å². The normalized spacial score (nSPS) is 11.8. The first-order valence-electron chi connectivity index (χ1n) is 8.32. The second kappa shape index (κ2) is 10.7. The summed E-state index contributed by atoms with van der Waals surface area (Å²) in [4.78, 5) is 25.6. The van der Waals surface area contributed by atoms with E-state index in [0.29, 0.717) is 0 Å². The molecule has 1 atom stereocenters. The molecule has 2 rings (SSSR count). The number of ether oxygens (including phenoxy) is 2. The van der Waals surface area contributed by atoms with Gasteiger partial charge in [0.1, 0.15) is 13.2 Å². The molecule has 0 aliphatic rings. The third kappa shape index (κ3) is 7.37. The minimum absolute atomic E-state index is 0.000310. The number of hydrogen-bond acceptors (Lipinski definition) is 5. The predicted octanol–water partition coefficient (Wildman–Crippen LogP) is 3.52. The Kier molecular flexibility index (Phi) is 8.31. The fourth-order valence-corrected chi connectivity index (χ4v) is 2.50. The Labute approximate surface area is 162 Å². The van der Waals surface area contributed by atoms with Gasteiger partial charge in [0, 0.05) is 0 Å². The number of nitrogens with zero attached hydrogens (tertiary/aromatic N) is 1. The second-order valence-corrected chi connectivity index (χ2v) is 7.10. The molecule has 0 heterocycles. The van der Waals surface area contributed by atoms with Crippen LogP contribution in [0.2, 0.25) is 0 Å². The van der Waals surface area contributed by atoms with Gasteiger partial charge >= 0.3 is 11.9 Å². The third-order valence-corrected chi connectivity index (χ3v) is 4.23. The topological polar surface area (TPSA) is 55.8 Å². The number of carbonyl (C=O) groups excluding carboxylic acids is 2. The number of benzene rings is 2. The number of alkyl halides is 1. The number of carbonyl (C=O) groups is 2. The molecule has 0 saturated heterocycles. The van der Waals surface area contributed by atoms with E-state index in [1.165, 1.54) is 0 Å². The predicted molar refractivity (Wildman–Crippen MR) is 102 cm³/mol. The standard InChI is InChI=1S/C20H22BrNO4/c1-16(21)22(12-19(23)25-14-17-8-4-2-5-9-17)13-20(24)26-15-18-10-6-3-7-11-18/h2-11,16H,12-15H2,1H3. The molecule has 0 amide bonds. The monoisotopic (exact) mass is 419 g/mol. The first kappa shape index (κ1) is 20.1. The fraction of sp³-hybridized carbons (Fsp3) is 0.300. The molecule has 0 radical (unpaired) electrons. The van der Waals surface area contributed by atoms with Gasteiger partial charge in [-0.15, -0.1) is 0 Å². The van der Waals surface area contributed by atoms with E-state index in [-0.39, 0.29) is 31.3 Å². The van der Waals surface area contributed by atoms with Crippen molar-refractivity contribution >= 4 is 27.9 Å². The molecule has 0 aliphatic heterocycles. The summed E-state index contributed by atoms with van der Waals surface area (Å²) >= 11 is 3.40. The molecular formula is C20H22BrNO4. The van der Waals surface area contributed by atoms with Crippen LogP contribution < -0.4 is 0 Å². The van der Waals surface area contributed by atoms with Crippen LogP contribution >= 0.6 is 15.9 Å². The van der Waals surface area contributed by atoms with E-state index < -0.39 is 11.9 Å². The van der Waals surface area contributed by atoms with Gasteiger partial charge in [-0.3, -0.25) is 14.5 Å². The molecule has 138 valence electrons. The van der Waals surface area contributed by atoms with Crippen molar-refractivity contribution in [2.75, 3.05) is 13.1 Å². The largest absolute Gasteiger partial charge is 0.460 e. The highest BCUT2D eigenvalue weighted by Gasteiger charge is 2.20. The van der Waals surface area contributed by atoms with Crippen LogP contribution in [0.25, 0.3) is 0 Å². The Morgan fingerprint density at radius 2 is 1.23 bits per heavy atom. The van der Waals surface area contributed by atoms with Crippen molar-refractivity contribution in [3.05, 3.63) is 71.8 Å². The Balaban J connectivity index is 1.78. The molecule has 1 unspecified atom stereocenters. The van der Waals surface area contributed by atoms with Crippen molar-refractivity contribution in [3.8, 4) is 0 Å². The Bertz CT molecular complexity index is 634. The third-order valence-electron chi connectivity index (χ3n) is 3.65. The Hall–Kier alpha value is -2.18. The minimum Gasteiger partial charge on any atom is -0.460 e. The van der Waals surface area contributed by atoms with Crippen molar-refractivity contribution in [1.82, 2.24) is 4.90 Å². The van der Waals surface area contributed by atoms with E-state index in [4.69, 9.17) is 9.47 Å². The smallest absolute Gasteiger partial charge is 0.320 e. The molecule has 0 fully saturated rings. The summed E-state index contributed by atoms with van der Waals surface area (Å²) in [5, 5.41) is 0. The maximum absolute atomic E-state index is 12.1. The van der Waals surface area contributed by atoms with Crippen LogP contribution in [0.5, 0.6) is 0 Å². The molecule has 0 aliphatic carbocycles. The first-order chi connectivity index (χ1) is 12.5. The van der Waals surface area contributed by atoms with Gasteiger partial charge in [-0.1, -0.05) is 76.6 Å². The molecule has 0 aromatic heterocycles. The summed E-state index contributed by atoms with van der Waals surface area (Å²) in [6.07, 6.45) is 0. The summed E-state index contributed by atoms with van der Waals surface area (Å²) in [6, 6.07) is 18.9. The van der Waals surface area contributed by atoms with E-state index in [9.17, 15) is 9.59 Å². The lowest BCUT2D eigenvalue weighted by Gasteiger charge is -2.23. The van der Waals surface area contributed by atoms with Crippen molar-refractivity contribution in [1.29, 1.82) is 0 Å². The van der Waals surface area contributed by atoms with Crippen LogP contribution in [0.4, 0.5) is 0 Å². The zero-order valence-electron chi connectivity index (χ0n) is 14.6. The molecule has 0 spiro atoms. The fourth-order valence-electron chi connectivity index (χ4n) is 2.21. The maximum atomic E-state index is 12.1. The summed E-state index contributed by atoms with van der Waals surface area (Å²) in [7, 11) is 0. The second-order valence-electron chi connectivity index (χ2n) is 5.77. The molecule has 2 aromatic carbocycles. The molecule has 0 N–H and O–H groups in total. The molecule has 6 heteroatoms. The quantitative estimate of drug-likeness (QED) is 0.353. The van der Waals surface area contributed by atoms with Crippen molar-refractivity contribution in [3.63, 3.8) is 0 Å². The summed E-state index contributed by atoms with van der Waals surface area (Å²) < 4.78 is 10.5. The Morgan fingerprint density at radius 1 is 0.846 bits per heavy atom. The first-order valence-corrected chi connectivity index (χ1v) is 9.23. The molecule has 0 saturated carbocycles. The van der Waals surface area contributed by atoms with E-state index in [1.54, 1.807) is 4.90 Å². The lowest BCUT2D eigenvalue weighted by atomic mass is 10.2. The highest BCUT2D eigenvalue weighted by molar-refractivity contribution is 9.09. The SMILES string of the molecule is CC(Br)N(CC(=O)OCc1ccccc1)CC(=O)OCc1ccccc1. The average Bonchev–Trinajstić information content (AvgIpc) is 2.66. The highest BCUT2D eigenvalue weighted by Crippen LogP contribution is 2.09. The summed E-state index contributed by atoms with van der Waals surface area (Å²) in [6.45, 7) is 2.26. The lowest BCUT2D eigenvalue weighted by Crippen LogP contribution is -2.39. The minimum atomic E-state index is -0.393. The molecule has 2 aromatic rings. The van der Waals surface area contributed by atoms with Crippen molar-refractivity contribution in [2.24, 2.45) is 0 Å². The molecular weight excluding hydrogens is 398 g/mol. The maximum Gasteiger partial charge on any atom is 0.320 e. The molecule has 26 heavy (non-hydrogen) atoms. The number of esters is 2. The van der Waals surface area contributed by atoms with E-state index in [1.807, 2.05) is 67.6 Å². The van der Waals surface area contributed by atoms with Crippen LogP contribution in [0.1, 0.15) is 18.1 Å². The van der Waals surface area contributed by atoms with Gasteiger partial charge < -0.3 is 9.47 Å². The molecule has 5 nitrogen and oxygen atoms in total. The van der Waals surface area contributed by atoms with Crippen LogP contribution in [-0.2, 0) is 32.3 Å². The zero-order chi connectivity index (χ0) is 18.8. The van der Waals surface area contributed by atoms with E-state index >= 15 is 0 Å². The van der Waals surface area contributed by atoms with Crippen LogP contribution in [0.15, 0.2) is 60.7 Å². The average molecular weight is 420 g/mol. The van der Waals surface area contributed by atoms with E-state index in [0.717, 1.165) is 11.1 Å².